The van der Waals surface area contributed by atoms with Gasteiger partial charge in [-0.05, 0) is 37.1 Å². The van der Waals surface area contributed by atoms with Crippen LogP contribution in [0.5, 0.6) is 0 Å². The van der Waals surface area contributed by atoms with Crippen molar-refractivity contribution < 1.29 is 31.2 Å². The molecule has 0 aromatic heterocycles. The number of anilines is 1. The SMILES string of the molecule is NC(=O)N1CC=CN(c2cccc(C(F)(F)F)c2)C1=O.O=S1(=O)CCCC1. The number of hydrogen-bond donors (Lipinski definition) is 1. The minimum Gasteiger partial charge on any atom is -0.351 e. The lowest BCUT2D eigenvalue weighted by atomic mass is 10.2. The van der Waals surface area contributed by atoms with E-state index in [1.54, 1.807) is 0 Å². The molecule has 2 aliphatic rings. The highest BCUT2D eigenvalue weighted by Gasteiger charge is 2.32. The Hall–Kier alpha value is -2.56. The highest BCUT2D eigenvalue weighted by Crippen LogP contribution is 2.32. The maximum Gasteiger partial charge on any atom is 0.416 e. The van der Waals surface area contributed by atoms with Crippen LogP contribution < -0.4 is 10.6 Å². The van der Waals surface area contributed by atoms with Gasteiger partial charge in [-0.25, -0.2) is 22.9 Å². The first-order valence-corrected chi connectivity index (χ1v) is 9.78. The summed E-state index contributed by atoms with van der Waals surface area (Å²) in [7, 11) is -2.55. The van der Waals surface area contributed by atoms with E-state index in [1.165, 1.54) is 24.4 Å². The molecule has 0 spiro atoms. The molecule has 0 atom stereocenters. The number of carbonyl (C=O) groups excluding carboxylic acids is 2. The van der Waals surface area contributed by atoms with Gasteiger partial charge in [-0.1, -0.05) is 6.07 Å². The van der Waals surface area contributed by atoms with Crippen LogP contribution in [0.2, 0.25) is 0 Å². The first kappa shape index (κ1) is 20.7. The number of rotatable bonds is 1. The number of nitrogens with zero attached hydrogens (tertiary/aromatic N) is 2. The largest absolute Gasteiger partial charge is 0.416 e. The topological polar surface area (TPSA) is 101 Å². The van der Waals surface area contributed by atoms with E-state index in [0.717, 1.165) is 34.8 Å². The summed E-state index contributed by atoms with van der Waals surface area (Å²) >= 11 is 0. The van der Waals surface area contributed by atoms with Crippen molar-refractivity contribution in [3.63, 3.8) is 0 Å². The number of carbonyl (C=O) groups is 2. The number of alkyl halides is 3. The fourth-order valence-corrected chi connectivity index (χ4v) is 3.98. The molecule has 0 unspecified atom stereocenters. The quantitative estimate of drug-likeness (QED) is 0.776. The van der Waals surface area contributed by atoms with Crippen LogP contribution in [0.4, 0.5) is 28.4 Å². The molecule has 2 N–H and O–H groups in total. The summed E-state index contributed by atoms with van der Waals surface area (Å²) in [6.07, 6.45) is -0.00369. The van der Waals surface area contributed by atoms with Gasteiger partial charge in [0.1, 0.15) is 9.84 Å². The van der Waals surface area contributed by atoms with Crippen molar-refractivity contribution in [1.82, 2.24) is 4.90 Å². The number of primary amides is 1. The maximum absolute atomic E-state index is 12.6. The number of imide groups is 1. The number of benzene rings is 1. The first-order valence-electron chi connectivity index (χ1n) is 7.96. The van der Waals surface area contributed by atoms with Crippen LogP contribution in [-0.2, 0) is 16.0 Å². The van der Waals surface area contributed by atoms with Crippen molar-refractivity contribution >= 4 is 27.6 Å². The number of nitrogens with two attached hydrogens (primary N) is 1. The molecular weight excluding hydrogens is 387 g/mol. The Bertz CT molecular complexity index is 841. The number of sulfone groups is 1. The number of urea groups is 2. The standard InChI is InChI=1S/C12H10F3N3O2.C4H8O2S/c13-12(14,15)8-3-1-4-9(7-8)17-5-2-6-18(10(16)19)11(17)20;5-7(6)3-1-2-4-7/h1-5,7H,6H2,(H2,16,19);1-4H2. The third-order valence-electron chi connectivity index (χ3n) is 3.86. The van der Waals surface area contributed by atoms with Crippen molar-refractivity contribution in [3.05, 3.63) is 42.1 Å². The molecule has 0 saturated carbocycles. The van der Waals surface area contributed by atoms with Crippen molar-refractivity contribution in [3.8, 4) is 0 Å². The molecule has 148 valence electrons. The Morgan fingerprint density at radius 3 is 2.26 bits per heavy atom. The summed E-state index contributed by atoms with van der Waals surface area (Å²) in [5, 5.41) is 0. The Morgan fingerprint density at radius 2 is 1.78 bits per heavy atom. The van der Waals surface area contributed by atoms with Crippen LogP contribution in [-0.4, -0.2) is 43.4 Å². The van der Waals surface area contributed by atoms with Gasteiger partial charge >= 0.3 is 18.2 Å². The van der Waals surface area contributed by atoms with Crippen molar-refractivity contribution in [2.24, 2.45) is 5.73 Å². The highest BCUT2D eigenvalue weighted by molar-refractivity contribution is 7.91. The Labute approximate surface area is 154 Å². The lowest BCUT2D eigenvalue weighted by Gasteiger charge is -2.29. The van der Waals surface area contributed by atoms with Crippen molar-refractivity contribution in [2.45, 2.75) is 19.0 Å². The minimum absolute atomic E-state index is 0.00650. The van der Waals surface area contributed by atoms with Gasteiger partial charge in [0.05, 0.1) is 29.3 Å². The lowest BCUT2D eigenvalue weighted by Crippen LogP contribution is -2.49. The number of amides is 4. The van der Waals surface area contributed by atoms with Gasteiger partial charge in [-0.2, -0.15) is 13.2 Å². The van der Waals surface area contributed by atoms with Gasteiger partial charge in [-0.3, -0.25) is 4.90 Å². The van der Waals surface area contributed by atoms with Gasteiger partial charge < -0.3 is 5.73 Å². The molecule has 1 aromatic rings. The minimum atomic E-state index is -4.51. The fraction of sp³-hybridized carbons (Fsp3) is 0.375. The zero-order valence-electron chi connectivity index (χ0n) is 14.1. The third kappa shape index (κ3) is 5.46. The second kappa shape index (κ2) is 7.99. The molecule has 0 aliphatic carbocycles. The number of halogens is 3. The van der Waals surface area contributed by atoms with E-state index in [1.807, 2.05) is 0 Å². The molecule has 1 aromatic carbocycles. The Kier molecular flexibility index (Phi) is 6.14. The zero-order valence-corrected chi connectivity index (χ0v) is 15.0. The third-order valence-corrected chi connectivity index (χ3v) is 5.68. The second-order valence-electron chi connectivity index (χ2n) is 5.89. The first-order chi connectivity index (χ1) is 12.5. The van der Waals surface area contributed by atoms with Gasteiger partial charge in [-0.15, -0.1) is 0 Å². The zero-order chi connectivity index (χ0) is 20.2. The number of hydrogen-bond acceptors (Lipinski definition) is 4. The monoisotopic (exact) mass is 405 g/mol. The molecule has 27 heavy (non-hydrogen) atoms. The van der Waals surface area contributed by atoms with Gasteiger partial charge in [0.15, 0.2) is 0 Å². The molecule has 0 bridgehead atoms. The maximum atomic E-state index is 12.6. The summed E-state index contributed by atoms with van der Waals surface area (Å²) in [6, 6.07) is 2.49. The normalized spacial score (nSPS) is 18.9. The van der Waals surface area contributed by atoms with E-state index >= 15 is 0 Å². The average molecular weight is 405 g/mol. The predicted octanol–water partition coefficient (Wildman–Crippen LogP) is 2.73. The van der Waals surface area contributed by atoms with Gasteiger partial charge in [0, 0.05) is 6.20 Å². The Balaban J connectivity index is 0.000000313. The molecule has 2 heterocycles. The molecule has 1 saturated heterocycles. The summed E-state index contributed by atoms with van der Waals surface area (Å²) in [5.74, 6) is 0.847. The van der Waals surface area contributed by atoms with Crippen LogP contribution in [0.3, 0.4) is 0 Å². The predicted molar refractivity (Wildman–Crippen MR) is 92.6 cm³/mol. The van der Waals surface area contributed by atoms with Crippen LogP contribution in [0.1, 0.15) is 18.4 Å². The van der Waals surface area contributed by atoms with E-state index in [2.05, 4.69) is 0 Å². The van der Waals surface area contributed by atoms with Crippen LogP contribution in [0.25, 0.3) is 0 Å². The lowest BCUT2D eigenvalue weighted by molar-refractivity contribution is -0.137. The summed E-state index contributed by atoms with van der Waals surface area (Å²) in [5.41, 5.74) is 4.15. The molecule has 1 fully saturated rings. The van der Waals surface area contributed by atoms with Crippen LogP contribution >= 0.6 is 0 Å². The van der Waals surface area contributed by atoms with Gasteiger partial charge in [0.25, 0.3) is 0 Å². The molecular formula is C16H18F3N3O4S. The van der Waals surface area contributed by atoms with E-state index in [-0.39, 0.29) is 12.2 Å². The summed E-state index contributed by atoms with van der Waals surface area (Å²) in [4.78, 5) is 24.7. The molecule has 3 rings (SSSR count). The van der Waals surface area contributed by atoms with E-state index in [4.69, 9.17) is 5.73 Å². The van der Waals surface area contributed by atoms with E-state index in [0.29, 0.717) is 11.5 Å². The van der Waals surface area contributed by atoms with Crippen LogP contribution in [0.15, 0.2) is 36.5 Å². The molecule has 2 aliphatic heterocycles. The molecule has 11 heteroatoms. The van der Waals surface area contributed by atoms with Crippen molar-refractivity contribution in [1.29, 1.82) is 0 Å². The van der Waals surface area contributed by atoms with E-state index in [9.17, 15) is 31.2 Å². The molecule has 0 radical (unpaired) electrons. The van der Waals surface area contributed by atoms with Gasteiger partial charge in [0.2, 0.25) is 0 Å². The average Bonchev–Trinajstić information content (AvgIpc) is 2.99. The fourth-order valence-electron chi connectivity index (χ4n) is 2.49. The second-order valence-corrected chi connectivity index (χ2v) is 8.20. The summed E-state index contributed by atoms with van der Waals surface area (Å²) in [6.45, 7) is -0.0103. The summed E-state index contributed by atoms with van der Waals surface area (Å²) < 4.78 is 58.8. The van der Waals surface area contributed by atoms with E-state index < -0.39 is 33.6 Å². The highest BCUT2D eigenvalue weighted by atomic mass is 32.2. The van der Waals surface area contributed by atoms with Crippen LogP contribution in [0, 0.1) is 0 Å². The molecule has 4 amide bonds. The smallest absolute Gasteiger partial charge is 0.351 e. The Morgan fingerprint density at radius 1 is 1.15 bits per heavy atom. The molecule has 7 nitrogen and oxygen atoms in total. The van der Waals surface area contributed by atoms with Crippen molar-refractivity contribution in [2.75, 3.05) is 23.0 Å².